The number of ether oxygens (including phenoxy) is 1. The number of amides is 1. The Hall–Kier alpha value is -4.37. The molecule has 9 heteroatoms. The van der Waals surface area contributed by atoms with Crippen molar-refractivity contribution in [2.24, 2.45) is 11.7 Å². The van der Waals surface area contributed by atoms with Gasteiger partial charge in [-0.2, -0.15) is 0 Å². The molecule has 2 atom stereocenters. The Morgan fingerprint density at radius 2 is 1.90 bits per heavy atom. The predicted octanol–water partition coefficient (Wildman–Crippen LogP) is 4.85. The number of aromatic nitrogens is 2. The molecule has 1 saturated carbocycles. The Morgan fingerprint density at radius 1 is 1.17 bits per heavy atom. The maximum Gasteiger partial charge on any atom is 0.231 e. The molecule has 2 aromatic carbocycles. The summed E-state index contributed by atoms with van der Waals surface area (Å²) in [6.07, 6.45) is 3.22. The predicted molar refractivity (Wildman–Crippen MR) is 150 cm³/mol. The number of nitrogens with two attached hydrogens (primary N) is 1. The quantitative estimate of drug-likeness (QED) is 0.265. The lowest BCUT2D eigenvalue weighted by molar-refractivity contribution is -0.123. The highest BCUT2D eigenvalue weighted by atomic mass is 19.1. The molecule has 4 aromatic rings. The van der Waals surface area contributed by atoms with Gasteiger partial charge in [-0.05, 0) is 93.1 Å². The van der Waals surface area contributed by atoms with Crippen molar-refractivity contribution in [1.29, 1.82) is 0 Å². The molecule has 1 fully saturated rings. The number of aliphatic hydroxyl groups is 1. The van der Waals surface area contributed by atoms with Crippen LogP contribution in [0.4, 0.5) is 4.39 Å². The zero-order valence-corrected chi connectivity index (χ0v) is 22.8. The lowest BCUT2D eigenvalue weighted by Gasteiger charge is -2.29. The van der Waals surface area contributed by atoms with E-state index in [2.05, 4.69) is 4.98 Å². The smallest absolute Gasteiger partial charge is 0.231 e. The molecule has 0 radical (unpaired) electrons. The number of rotatable bonds is 8. The summed E-state index contributed by atoms with van der Waals surface area (Å²) in [5.41, 5.74) is 6.54. The largest absolute Gasteiger partial charge is 0.506 e. The maximum atomic E-state index is 13.7. The van der Waals surface area contributed by atoms with Crippen LogP contribution >= 0.6 is 0 Å². The van der Waals surface area contributed by atoms with Crippen LogP contribution in [-0.2, 0) is 15.8 Å². The molecule has 0 saturated heterocycles. The number of aromatic hydroxyl groups is 1. The number of primary amides is 1. The first-order chi connectivity index (χ1) is 19.5. The van der Waals surface area contributed by atoms with Gasteiger partial charge in [-0.1, -0.05) is 0 Å². The third kappa shape index (κ3) is 4.60. The van der Waals surface area contributed by atoms with Crippen molar-refractivity contribution in [2.45, 2.75) is 50.5 Å². The molecular formula is C32H30FN3O5. The van der Waals surface area contributed by atoms with E-state index in [0.29, 0.717) is 44.7 Å². The van der Waals surface area contributed by atoms with Crippen molar-refractivity contribution in [2.75, 3.05) is 6.61 Å². The highest BCUT2D eigenvalue weighted by Gasteiger charge is 2.49. The number of phenolic OH excluding ortho intramolecular Hbond substituents is 1. The molecule has 1 aliphatic carbocycles. The van der Waals surface area contributed by atoms with Gasteiger partial charge in [0.1, 0.15) is 46.1 Å². The second-order valence-corrected chi connectivity index (χ2v) is 11.4. The minimum atomic E-state index is -1.47. The minimum Gasteiger partial charge on any atom is -0.506 e. The molecule has 8 nitrogen and oxygen atoms in total. The number of aryl methyl sites for hydroxylation is 1. The number of pyridine rings is 2. The van der Waals surface area contributed by atoms with Crippen LogP contribution in [-0.4, -0.2) is 38.5 Å². The van der Waals surface area contributed by atoms with Crippen LogP contribution in [0.5, 0.6) is 11.5 Å². The number of carbonyl (C=O) groups excluding carboxylic acids is 2. The Balaban J connectivity index is 1.39. The van der Waals surface area contributed by atoms with E-state index in [9.17, 15) is 24.2 Å². The molecule has 0 bridgehead atoms. The molecule has 6 rings (SSSR count). The Morgan fingerprint density at radius 3 is 2.59 bits per heavy atom. The summed E-state index contributed by atoms with van der Waals surface area (Å²) in [6, 6.07) is 12.4. The summed E-state index contributed by atoms with van der Waals surface area (Å²) in [7, 11) is 0. The van der Waals surface area contributed by atoms with Crippen LogP contribution in [0.15, 0.2) is 54.7 Å². The number of benzene rings is 2. The Kier molecular flexibility index (Phi) is 6.30. The SMILES string of the molecule is Cc1cnc2c(O)cc(C(=O)CC[C@](O)(c3cc4c(c(-c5ccc(F)cc5)n3)OC[C@]4(C)C(N)=O)C3CC3)cc2c1. The van der Waals surface area contributed by atoms with Crippen LogP contribution in [0.25, 0.3) is 22.2 Å². The number of hydrogen-bond acceptors (Lipinski definition) is 7. The van der Waals surface area contributed by atoms with E-state index >= 15 is 0 Å². The molecule has 2 aliphatic rings. The van der Waals surface area contributed by atoms with Crippen molar-refractivity contribution in [3.8, 4) is 22.8 Å². The van der Waals surface area contributed by atoms with Crippen LogP contribution < -0.4 is 10.5 Å². The summed E-state index contributed by atoms with van der Waals surface area (Å²) in [5.74, 6) is -1.09. The highest BCUT2D eigenvalue weighted by molar-refractivity contribution is 6.01. The van der Waals surface area contributed by atoms with Crippen molar-refractivity contribution >= 4 is 22.6 Å². The standard InChI is InChI=1S/C32H30FN3O5/c1-17-11-20-12-19(13-25(38)27(20)35-15-17)24(37)9-10-32(40,21-5-6-21)26-14-23-29(41-16-31(23,2)30(34)39)28(36-26)18-3-7-22(33)8-4-18/h3-4,7-8,11-15,21,38,40H,5-6,9-10,16H2,1-2H3,(H2,34,39)/t31-,32+/m0/s1. The van der Waals surface area contributed by atoms with Crippen molar-refractivity contribution < 1.29 is 28.9 Å². The van der Waals surface area contributed by atoms with Crippen LogP contribution in [0, 0.1) is 18.7 Å². The van der Waals surface area contributed by atoms with Gasteiger partial charge in [0.15, 0.2) is 5.78 Å². The van der Waals surface area contributed by atoms with Gasteiger partial charge >= 0.3 is 0 Å². The van der Waals surface area contributed by atoms with Crippen LogP contribution in [0.3, 0.4) is 0 Å². The van der Waals surface area contributed by atoms with Crippen LogP contribution in [0.1, 0.15) is 59.8 Å². The lowest BCUT2D eigenvalue weighted by Crippen LogP contribution is -2.40. The first-order valence-corrected chi connectivity index (χ1v) is 13.6. The highest BCUT2D eigenvalue weighted by Crippen LogP contribution is 2.51. The van der Waals surface area contributed by atoms with Gasteiger partial charge in [-0.15, -0.1) is 0 Å². The normalized spacial score (nSPS) is 19.4. The van der Waals surface area contributed by atoms with E-state index in [1.165, 1.54) is 18.2 Å². The van der Waals surface area contributed by atoms with E-state index in [4.69, 9.17) is 15.5 Å². The average molecular weight is 556 g/mol. The topological polar surface area (TPSA) is 136 Å². The number of ketones is 1. The number of hydrogen-bond donors (Lipinski definition) is 3. The summed E-state index contributed by atoms with van der Waals surface area (Å²) >= 11 is 0. The molecule has 210 valence electrons. The third-order valence-corrected chi connectivity index (χ3v) is 8.39. The Labute approximate surface area is 236 Å². The molecular weight excluding hydrogens is 525 g/mol. The molecule has 41 heavy (non-hydrogen) atoms. The summed E-state index contributed by atoms with van der Waals surface area (Å²) in [4.78, 5) is 35.0. The van der Waals surface area contributed by atoms with E-state index in [0.717, 1.165) is 18.4 Å². The maximum absolute atomic E-state index is 13.7. The second-order valence-electron chi connectivity index (χ2n) is 11.4. The molecule has 2 aromatic heterocycles. The first kappa shape index (κ1) is 26.8. The zero-order valence-electron chi connectivity index (χ0n) is 22.8. The fraction of sp³-hybridized carbons (Fsp3) is 0.312. The van der Waals surface area contributed by atoms with E-state index in [-0.39, 0.29) is 36.9 Å². The monoisotopic (exact) mass is 555 g/mol. The number of carbonyl (C=O) groups is 2. The van der Waals surface area contributed by atoms with Crippen LogP contribution in [0.2, 0.25) is 0 Å². The van der Waals surface area contributed by atoms with E-state index in [1.54, 1.807) is 37.4 Å². The fourth-order valence-corrected chi connectivity index (χ4v) is 5.66. The second kappa shape index (κ2) is 9.62. The van der Waals surface area contributed by atoms with Gasteiger partial charge in [0.2, 0.25) is 5.91 Å². The lowest BCUT2D eigenvalue weighted by atomic mass is 9.80. The van der Waals surface area contributed by atoms with Gasteiger partial charge < -0.3 is 20.7 Å². The molecule has 0 spiro atoms. The molecule has 1 amide bonds. The Bertz CT molecular complexity index is 1720. The molecule has 1 aliphatic heterocycles. The van der Waals surface area contributed by atoms with Crippen molar-refractivity contribution in [3.63, 3.8) is 0 Å². The first-order valence-electron chi connectivity index (χ1n) is 13.6. The van der Waals surface area contributed by atoms with Gasteiger partial charge in [0.05, 0.1) is 5.69 Å². The van der Waals surface area contributed by atoms with E-state index < -0.39 is 22.7 Å². The fourth-order valence-electron chi connectivity index (χ4n) is 5.66. The zero-order chi connectivity index (χ0) is 29.1. The number of phenols is 1. The number of Topliss-reactive ketones (excluding diaryl/α,β-unsaturated/α-hetero) is 1. The van der Waals surface area contributed by atoms with Gasteiger partial charge in [-0.25, -0.2) is 9.37 Å². The summed E-state index contributed by atoms with van der Waals surface area (Å²) in [6.45, 7) is 3.57. The van der Waals surface area contributed by atoms with Gasteiger partial charge in [0, 0.05) is 34.7 Å². The van der Waals surface area contributed by atoms with Gasteiger partial charge in [0.25, 0.3) is 0 Å². The van der Waals surface area contributed by atoms with Crippen molar-refractivity contribution in [1.82, 2.24) is 9.97 Å². The molecule has 3 heterocycles. The molecule has 4 N–H and O–H groups in total. The van der Waals surface area contributed by atoms with Gasteiger partial charge in [-0.3, -0.25) is 14.6 Å². The number of nitrogens with zero attached hydrogens (tertiary/aromatic N) is 2. The van der Waals surface area contributed by atoms with Crippen molar-refractivity contribution in [3.05, 3.63) is 82.9 Å². The summed E-state index contributed by atoms with van der Waals surface area (Å²) in [5, 5.41) is 23.3. The van der Waals surface area contributed by atoms with E-state index in [1.807, 2.05) is 13.0 Å². The average Bonchev–Trinajstić information content (AvgIpc) is 3.75. The molecule has 0 unspecified atom stereocenters. The summed E-state index contributed by atoms with van der Waals surface area (Å²) < 4.78 is 19.7. The third-order valence-electron chi connectivity index (χ3n) is 8.39. The minimum absolute atomic E-state index is 0.00851. The number of fused-ring (bicyclic) bond motifs is 2. The number of halogens is 1.